The molecule has 0 atom stereocenters. The summed E-state index contributed by atoms with van der Waals surface area (Å²) >= 11 is 0. The molecule has 2 aromatic rings. The van der Waals surface area contributed by atoms with E-state index >= 15 is 0 Å². The van der Waals surface area contributed by atoms with Crippen molar-refractivity contribution >= 4 is 8.32 Å². The van der Waals surface area contributed by atoms with Gasteiger partial charge in [0.05, 0.1) is 30.5 Å². The first-order valence-corrected chi connectivity index (χ1v) is 13.0. The molecular weight excluding hydrogens is 385 g/mol. The summed E-state index contributed by atoms with van der Waals surface area (Å²) in [7, 11) is -1.82. The Morgan fingerprint density at radius 3 is 2.41 bits per heavy atom. The van der Waals surface area contributed by atoms with Gasteiger partial charge in [-0.1, -0.05) is 34.6 Å². The summed E-state index contributed by atoms with van der Waals surface area (Å²) in [5.41, 5.74) is 1.99. The van der Waals surface area contributed by atoms with Gasteiger partial charge in [0.15, 0.2) is 14.1 Å². The Labute approximate surface area is 174 Å². The first kappa shape index (κ1) is 23.1. The zero-order chi connectivity index (χ0) is 21.8. The fourth-order valence-corrected chi connectivity index (χ4v) is 3.85. The molecule has 5 nitrogen and oxygen atoms in total. The largest absolute Gasteiger partial charge is 0.453 e. The third-order valence-electron chi connectivity index (χ3n) is 5.54. The third kappa shape index (κ3) is 5.46. The van der Waals surface area contributed by atoms with Crippen LogP contribution in [0.2, 0.25) is 18.1 Å². The first-order valence-electron chi connectivity index (χ1n) is 10.1. The summed E-state index contributed by atoms with van der Waals surface area (Å²) < 4.78 is 28.1. The highest BCUT2D eigenvalue weighted by Gasteiger charge is 2.37. The van der Waals surface area contributed by atoms with Crippen molar-refractivity contribution in [3.05, 3.63) is 41.0 Å². The Morgan fingerprint density at radius 1 is 1.17 bits per heavy atom. The zero-order valence-electron chi connectivity index (χ0n) is 18.6. The molecule has 0 N–H and O–H groups in total. The van der Waals surface area contributed by atoms with Gasteiger partial charge in [0.2, 0.25) is 0 Å². The topological polar surface area (TPSA) is 60.1 Å². The molecule has 0 amide bonds. The van der Waals surface area contributed by atoms with Crippen molar-refractivity contribution in [1.82, 2.24) is 9.78 Å². The normalized spacial score (nSPS) is 12.1. The van der Waals surface area contributed by atoms with Gasteiger partial charge in [-0.3, -0.25) is 4.68 Å². The van der Waals surface area contributed by atoms with Crippen LogP contribution in [0.3, 0.4) is 0 Å². The van der Waals surface area contributed by atoms with Crippen molar-refractivity contribution in [3.8, 4) is 17.6 Å². The van der Waals surface area contributed by atoms with Gasteiger partial charge < -0.3 is 9.16 Å². The zero-order valence-corrected chi connectivity index (χ0v) is 19.6. The molecule has 0 aliphatic heterocycles. The van der Waals surface area contributed by atoms with Gasteiger partial charge in [-0.2, -0.15) is 10.4 Å². The maximum Gasteiger partial charge on any atom is 0.192 e. The van der Waals surface area contributed by atoms with Crippen LogP contribution in [0.5, 0.6) is 11.5 Å². The molecule has 1 heterocycles. The summed E-state index contributed by atoms with van der Waals surface area (Å²) in [5, 5.41) is 13.9. The Bertz CT molecular complexity index is 895. The Balaban J connectivity index is 2.26. The summed E-state index contributed by atoms with van der Waals surface area (Å²) in [6, 6.07) is 5.98. The van der Waals surface area contributed by atoms with Crippen LogP contribution in [0.25, 0.3) is 0 Å². The van der Waals surface area contributed by atoms with E-state index in [-0.39, 0.29) is 10.6 Å². The number of halogens is 1. The lowest BCUT2D eigenvalue weighted by molar-refractivity contribution is 0.264. The van der Waals surface area contributed by atoms with Crippen molar-refractivity contribution in [3.63, 3.8) is 0 Å². The number of aryl methyl sites for hydroxylation is 1. The van der Waals surface area contributed by atoms with Crippen LogP contribution in [-0.4, -0.2) is 24.7 Å². The number of rotatable bonds is 8. The van der Waals surface area contributed by atoms with E-state index in [2.05, 4.69) is 33.9 Å². The van der Waals surface area contributed by atoms with Crippen molar-refractivity contribution in [2.24, 2.45) is 0 Å². The first-order chi connectivity index (χ1) is 13.5. The standard InChI is InChI=1S/C22H32FN3O2Si/c1-8-19-21(28-18-13-16(15-24)12-17(23)14-18)20(9-2)26(25-19)10-11-27-29(6,7)22(3,4)5/h12-14H,8-11H2,1-7H3. The molecule has 0 fully saturated rings. The molecule has 0 bridgehead atoms. The van der Waals surface area contributed by atoms with E-state index in [0.29, 0.717) is 31.1 Å². The van der Waals surface area contributed by atoms with E-state index in [1.807, 2.05) is 24.6 Å². The molecule has 2 rings (SSSR count). The summed E-state index contributed by atoms with van der Waals surface area (Å²) in [5.74, 6) is 0.463. The molecule has 29 heavy (non-hydrogen) atoms. The quantitative estimate of drug-likeness (QED) is 0.507. The van der Waals surface area contributed by atoms with Gasteiger partial charge >= 0.3 is 0 Å². The van der Waals surface area contributed by atoms with Crippen molar-refractivity contribution < 1.29 is 13.6 Å². The van der Waals surface area contributed by atoms with Crippen LogP contribution >= 0.6 is 0 Å². The second-order valence-electron chi connectivity index (χ2n) is 8.65. The van der Waals surface area contributed by atoms with Crippen LogP contribution < -0.4 is 4.74 Å². The van der Waals surface area contributed by atoms with Gasteiger partial charge in [0, 0.05) is 6.07 Å². The van der Waals surface area contributed by atoms with Gasteiger partial charge in [-0.15, -0.1) is 0 Å². The Morgan fingerprint density at radius 2 is 1.86 bits per heavy atom. The average Bonchev–Trinajstić information content (AvgIpc) is 2.96. The molecule has 1 aromatic carbocycles. The molecule has 0 aliphatic carbocycles. The number of ether oxygens (including phenoxy) is 1. The highest BCUT2D eigenvalue weighted by atomic mass is 28.4. The number of aromatic nitrogens is 2. The minimum atomic E-state index is -1.82. The molecule has 158 valence electrons. The molecule has 0 spiro atoms. The lowest BCUT2D eigenvalue weighted by Crippen LogP contribution is -2.41. The summed E-state index contributed by atoms with van der Waals surface area (Å²) in [6.07, 6.45) is 1.42. The molecule has 1 aromatic heterocycles. The highest BCUT2D eigenvalue weighted by molar-refractivity contribution is 6.74. The summed E-state index contributed by atoms with van der Waals surface area (Å²) in [6.45, 7) is 16.4. The highest BCUT2D eigenvalue weighted by Crippen LogP contribution is 2.36. The van der Waals surface area contributed by atoms with E-state index < -0.39 is 14.1 Å². The number of hydrogen-bond donors (Lipinski definition) is 0. The second kappa shape index (κ2) is 9.10. The van der Waals surface area contributed by atoms with Crippen LogP contribution in [0.4, 0.5) is 4.39 Å². The number of nitrogens with zero attached hydrogens (tertiary/aromatic N) is 3. The van der Waals surface area contributed by atoms with Gasteiger partial charge in [-0.25, -0.2) is 4.39 Å². The lowest BCUT2D eigenvalue weighted by atomic mass is 10.2. The van der Waals surface area contributed by atoms with Crippen LogP contribution in [-0.2, 0) is 23.8 Å². The predicted molar refractivity (Wildman–Crippen MR) is 115 cm³/mol. The molecule has 0 saturated heterocycles. The predicted octanol–water partition coefficient (Wildman–Crippen LogP) is 5.83. The van der Waals surface area contributed by atoms with Gasteiger partial charge in [-0.05, 0) is 43.1 Å². The fraction of sp³-hybridized carbons (Fsp3) is 0.545. The third-order valence-corrected chi connectivity index (χ3v) is 10.1. The number of benzene rings is 1. The van der Waals surface area contributed by atoms with Gasteiger partial charge in [0.1, 0.15) is 17.3 Å². The maximum absolute atomic E-state index is 13.8. The van der Waals surface area contributed by atoms with Gasteiger partial charge in [0.25, 0.3) is 0 Å². The molecule has 0 radical (unpaired) electrons. The van der Waals surface area contributed by atoms with Crippen LogP contribution in [0, 0.1) is 17.1 Å². The van der Waals surface area contributed by atoms with Crippen molar-refractivity contribution in [1.29, 1.82) is 5.26 Å². The Hall–Kier alpha value is -2.17. The van der Waals surface area contributed by atoms with E-state index in [9.17, 15) is 4.39 Å². The van der Waals surface area contributed by atoms with E-state index in [0.717, 1.165) is 17.8 Å². The number of hydrogen-bond acceptors (Lipinski definition) is 4. The van der Waals surface area contributed by atoms with E-state index in [4.69, 9.17) is 19.5 Å². The maximum atomic E-state index is 13.8. The van der Waals surface area contributed by atoms with Crippen molar-refractivity contribution in [2.45, 2.75) is 72.1 Å². The minimum absolute atomic E-state index is 0.156. The van der Waals surface area contributed by atoms with Crippen LogP contribution in [0.1, 0.15) is 51.6 Å². The molecular formula is C22H32FN3O2Si. The average molecular weight is 418 g/mol. The number of nitriles is 1. The summed E-state index contributed by atoms with van der Waals surface area (Å²) in [4.78, 5) is 0. The van der Waals surface area contributed by atoms with E-state index in [1.165, 1.54) is 12.1 Å². The lowest BCUT2D eigenvalue weighted by Gasteiger charge is -2.36. The van der Waals surface area contributed by atoms with Crippen LogP contribution in [0.15, 0.2) is 18.2 Å². The molecule has 0 aliphatic rings. The SMILES string of the molecule is CCc1nn(CCO[Si](C)(C)C(C)(C)C)c(CC)c1Oc1cc(F)cc(C#N)c1. The van der Waals surface area contributed by atoms with Crippen molar-refractivity contribution in [2.75, 3.05) is 6.61 Å². The Kier molecular flexibility index (Phi) is 7.25. The molecule has 0 unspecified atom stereocenters. The monoisotopic (exact) mass is 417 g/mol. The smallest absolute Gasteiger partial charge is 0.192 e. The minimum Gasteiger partial charge on any atom is -0.453 e. The van der Waals surface area contributed by atoms with E-state index in [1.54, 1.807) is 6.07 Å². The fourth-order valence-electron chi connectivity index (χ4n) is 2.82. The molecule has 0 saturated carbocycles. The second-order valence-corrected chi connectivity index (χ2v) is 13.5. The molecule has 7 heteroatoms.